The highest BCUT2D eigenvalue weighted by molar-refractivity contribution is 5.74. The van der Waals surface area contributed by atoms with Gasteiger partial charge in [0.15, 0.2) is 0 Å². The Morgan fingerprint density at radius 2 is 1.91 bits per heavy atom. The molecule has 1 aromatic rings. The van der Waals surface area contributed by atoms with E-state index in [-0.39, 0.29) is 18.3 Å². The fourth-order valence-electron chi connectivity index (χ4n) is 2.03. The van der Waals surface area contributed by atoms with E-state index in [0.29, 0.717) is 19.6 Å². The summed E-state index contributed by atoms with van der Waals surface area (Å²) in [6.45, 7) is 6.60. The lowest BCUT2D eigenvalue weighted by Crippen LogP contribution is -2.25. The Bertz CT molecular complexity index is 448. The van der Waals surface area contributed by atoms with Gasteiger partial charge in [-0.3, -0.25) is 4.79 Å². The van der Waals surface area contributed by atoms with Crippen LogP contribution in [0.2, 0.25) is 0 Å². The van der Waals surface area contributed by atoms with Gasteiger partial charge in [0.2, 0.25) is 0 Å². The third kappa shape index (κ3) is 8.57. The SMILES string of the molecule is CC(C)(C)OC(=O)CC(C=O)CCCOCc1ccccc1. The molecule has 0 spiro atoms. The predicted octanol–water partition coefficient (Wildman–Crippen LogP) is 3.53. The monoisotopic (exact) mass is 306 g/mol. The number of rotatable bonds is 9. The van der Waals surface area contributed by atoms with Crippen LogP contribution in [-0.2, 0) is 25.7 Å². The second kappa shape index (κ2) is 9.36. The molecular weight excluding hydrogens is 280 g/mol. The molecule has 0 aliphatic carbocycles. The van der Waals surface area contributed by atoms with Crippen LogP contribution in [0.4, 0.5) is 0 Å². The molecule has 4 heteroatoms. The van der Waals surface area contributed by atoms with Crippen LogP contribution in [0.5, 0.6) is 0 Å². The fourth-order valence-corrected chi connectivity index (χ4v) is 2.03. The van der Waals surface area contributed by atoms with Gasteiger partial charge in [-0.05, 0) is 39.2 Å². The number of carbonyl (C=O) groups is 2. The summed E-state index contributed by atoms with van der Waals surface area (Å²) in [5.74, 6) is -0.620. The first-order chi connectivity index (χ1) is 10.4. The zero-order valence-electron chi connectivity index (χ0n) is 13.7. The maximum atomic E-state index is 11.7. The number of aldehydes is 1. The van der Waals surface area contributed by atoms with Gasteiger partial charge in [-0.1, -0.05) is 30.3 Å². The van der Waals surface area contributed by atoms with Gasteiger partial charge in [-0.15, -0.1) is 0 Å². The molecule has 0 heterocycles. The molecule has 0 saturated carbocycles. The molecule has 0 bridgehead atoms. The zero-order valence-corrected chi connectivity index (χ0v) is 13.7. The van der Waals surface area contributed by atoms with Crippen molar-refractivity contribution in [1.29, 1.82) is 0 Å². The van der Waals surface area contributed by atoms with E-state index in [4.69, 9.17) is 9.47 Å². The largest absolute Gasteiger partial charge is 0.460 e. The molecule has 0 N–H and O–H groups in total. The minimum absolute atomic E-state index is 0.138. The van der Waals surface area contributed by atoms with E-state index in [1.807, 2.05) is 51.1 Å². The average molecular weight is 306 g/mol. The van der Waals surface area contributed by atoms with Gasteiger partial charge in [0, 0.05) is 12.5 Å². The molecule has 122 valence electrons. The van der Waals surface area contributed by atoms with Crippen molar-refractivity contribution in [3.05, 3.63) is 35.9 Å². The molecule has 0 aliphatic heterocycles. The number of hydrogen-bond donors (Lipinski definition) is 0. The molecule has 1 unspecified atom stereocenters. The summed E-state index contributed by atoms with van der Waals surface area (Å²) in [4.78, 5) is 22.7. The molecule has 22 heavy (non-hydrogen) atoms. The number of carbonyl (C=O) groups excluding carboxylic acids is 2. The Hall–Kier alpha value is -1.68. The lowest BCUT2D eigenvalue weighted by atomic mass is 10.0. The molecular formula is C18H26O4. The van der Waals surface area contributed by atoms with Crippen molar-refractivity contribution in [3.8, 4) is 0 Å². The molecule has 1 aromatic carbocycles. The molecule has 1 atom stereocenters. The van der Waals surface area contributed by atoms with Crippen molar-refractivity contribution in [1.82, 2.24) is 0 Å². The zero-order chi connectivity index (χ0) is 16.4. The Kier molecular flexibility index (Phi) is 7.82. The van der Waals surface area contributed by atoms with Crippen LogP contribution in [0.15, 0.2) is 30.3 Å². The van der Waals surface area contributed by atoms with Crippen molar-refractivity contribution < 1.29 is 19.1 Å². The van der Waals surface area contributed by atoms with Crippen LogP contribution in [0.25, 0.3) is 0 Å². The minimum atomic E-state index is -0.511. The van der Waals surface area contributed by atoms with E-state index in [1.165, 1.54) is 0 Å². The summed E-state index contributed by atoms with van der Waals surface area (Å²) in [5.41, 5.74) is 0.617. The van der Waals surface area contributed by atoms with Gasteiger partial charge in [0.1, 0.15) is 11.9 Å². The summed E-state index contributed by atoms with van der Waals surface area (Å²) >= 11 is 0. The van der Waals surface area contributed by atoms with Crippen LogP contribution in [0.3, 0.4) is 0 Å². The Morgan fingerprint density at radius 3 is 2.50 bits per heavy atom. The first-order valence-corrected chi connectivity index (χ1v) is 7.69. The Morgan fingerprint density at radius 1 is 1.23 bits per heavy atom. The molecule has 0 saturated heterocycles. The van der Waals surface area contributed by atoms with Gasteiger partial charge >= 0.3 is 5.97 Å². The van der Waals surface area contributed by atoms with Gasteiger partial charge in [0.05, 0.1) is 13.0 Å². The summed E-state index contributed by atoms with van der Waals surface area (Å²) in [6, 6.07) is 9.94. The molecule has 1 rings (SSSR count). The highest BCUT2D eigenvalue weighted by atomic mass is 16.6. The first kappa shape index (κ1) is 18.4. The number of ether oxygens (including phenoxy) is 2. The second-order valence-corrected chi connectivity index (χ2v) is 6.37. The second-order valence-electron chi connectivity index (χ2n) is 6.37. The maximum absolute atomic E-state index is 11.7. The molecule has 0 aromatic heterocycles. The van der Waals surface area contributed by atoms with Crippen LogP contribution in [0, 0.1) is 5.92 Å². The predicted molar refractivity (Wildman–Crippen MR) is 85.3 cm³/mol. The van der Waals surface area contributed by atoms with Crippen molar-refractivity contribution in [2.24, 2.45) is 5.92 Å². The van der Waals surface area contributed by atoms with Crippen LogP contribution < -0.4 is 0 Å². The topological polar surface area (TPSA) is 52.6 Å². The minimum Gasteiger partial charge on any atom is -0.460 e. The molecule has 4 nitrogen and oxygen atoms in total. The number of esters is 1. The van der Waals surface area contributed by atoms with Crippen LogP contribution in [0.1, 0.15) is 45.6 Å². The van der Waals surface area contributed by atoms with Crippen LogP contribution >= 0.6 is 0 Å². The van der Waals surface area contributed by atoms with E-state index < -0.39 is 5.60 Å². The standard InChI is InChI=1S/C18H26O4/c1-18(2,3)22-17(20)12-16(13-19)10-7-11-21-14-15-8-5-4-6-9-15/h4-6,8-9,13,16H,7,10-12,14H2,1-3H3. The lowest BCUT2D eigenvalue weighted by Gasteiger charge is -2.20. The number of hydrogen-bond acceptors (Lipinski definition) is 4. The van der Waals surface area contributed by atoms with Crippen molar-refractivity contribution in [2.75, 3.05) is 6.61 Å². The molecule has 0 aliphatic rings. The third-order valence-corrected chi connectivity index (χ3v) is 3.02. The van der Waals surface area contributed by atoms with Crippen molar-refractivity contribution in [3.63, 3.8) is 0 Å². The summed E-state index contributed by atoms with van der Waals surface area (Å²) in [7, 11) is 0. The van der Waals surface area contributed by atoms with E-state index in [1.54, 1.807) is 0 Å². The van der Waals surface area contributed by atoms with Gasteiger partial charge in [-0.25, -0.2) is 0 Å². The van der Waals surface area contributed by atoms with Crippen LogP contribution in [-0.4, -0.2) is 24.5 Å². The van der Waals surface area contributed by atoms with Gasteiger partial charge in [0.25, 0.3) is 0 Å². The Balaban J connectivity index is 2.18. The quantitative estimate of drug-likeness (QED) is 0.398. The fraction of sp³-hybridized carbons (Fsp3) is 0.556. The maximum Gasteiger partial charge on any atom is 0.307 e. The first-order valence-electron chi connectivity index (χ1n) is 7.69. The normalized spacial score (nSPS) is 12.7. The molecule has 0 amide bonds. The third-order valence-electron chi connectivity index (χ3n) is 3.02. The Labute approximate surface area is 132 Å². The van der Waals surface area contributed by atoms with Crippen molar-refractivity contribution in [2.45, 2.75) is 52.2 Å². The summed E-state index contributed by atoms with van der Waals surface area (Å²) in [6.07, 6.45) is 2.36. The average Bonchev–Trinajstić information content (AvgIpc) is 2.44. The van der Waals surface area contributed by atoms with E-state index in [2.05, 4.69) is 0 Å². The summed E-state index contributed by atoms with van der Waals surface area (Å²) in [5, 5.41) is 0. The van der Waals surface area contributed by atoms with E-state index in [0.717, 1.165) is 18.3 Å². The highest BCUT2D eigenvalue weighted by Gasteiger charge is 2.20. The van der Waals surface area contributed by atoms with E-state index in [9.17, 15) is 9.59 Å². The summed E-state index contributed by atoms with van der Waals surface area (Å²) < 4.78 is 10.8. The lowest BCUT2D eigenvalue weighted by molar-refractivity contribution is -0.156. The smallest absolute Gasteiger partial charge is 0.307 e. The van der Waals surface area contributed by atoms with Gasteiger partial charge < -0.3 is 14.3 Å². The van der Waals surface area contributed by atoms with E-state index >= 15 is 0 Å². The van der Waals surface area contributed by atoms with Crippen molar-refractivity contribution >= 4 is 12.3 Å². The molecule has 0 fully saturated rings. The van der Waals surface area contributed by atoms with Gasteiger partial charge in [-0.2, -0.15) is 0 Å². The number of benzene rings is 1. The molecule has 0 radical (unpaired) electrons. The highest BCUT2D eigenvalue weighted by Crippen LogP contribution is 2.14.